The van der Waals surface area contributed by atoms with Gasteiger partial charge >= 0.3 is 5.97 Å². The van der Waals surface area contributed by atoms with E-state index < -0.39 is 17.8 Å². The molecule has 2 amide bonds. The van der Waals surface area contributed by atoms with Crippen molar-refractivity contribution in [1.82, 2.24) is 10.9 Å². The number of hydrogen-bond donors (Lipinski definition) is 3. The Hall–Kier alpha value is -3.61. The van der Waals surface area contributed by atoms with E-state index in [1.165, 1.54) is 0 Å². The van der Waals surface area contributed by atoms with Crippen LogP contribution in [0.2, 0.25) is 0 Å². The van der Waals surface area contributed by atoms with Crippen molar-refractivity contribution in [1.29, 1.82) is 0 Å². The number of carbonyl (C=O) groups excluding carboxylic acids is 2. The predicted octanol–water partition coefficient (Wildman–Crippen LogP) is 1.67. The minimum absolute atomic E-state index is 0.314. The SMILES string of the molecule is O=C(O)/C=C\C(=O)NNC(=O)c1ccc(OCc2ccccc2)cc1. The van der Waals surface area contributed by atoms with Crippen molar-refractivity contribution in [3.05, 3.63) is 77.9 Å². The van der Waals surface area contributed by atoms with Crippen LogP contribution in [0.5, 0.6) is 5.75 Å². The van der Waals surface area contributed by atoms with Crippen molar-refractivity contribution < 1.29 is 24.2 Å². The van der Waals surface area contributed by atoms with Gasteiger partial charge in [-0.2, -0.15) is 0 Å². The molecule has 0 saturated heterocycles. The van der Waals surface area contributed by atoms with Gasteiger partial charge in [0, 0.05) is 17.7 Å². The van der Waals surface area contributed by atoms with E-state index in [0.717, 1.165) is 11.6 Å². The lowest BCUT2D eigenvalue weighted by Crippen LogP contribution is -2.40. The summed E-state index contributed by atoms with van der Waals surface area (Å²) in [6.07, 6.45) is 1.46. The molecule has 2 aromatic rings. The molecule has 0 spiro atoms. The third-order valence-corrected chi connectivity index (χ3v) is 3.04. The lowest BCUT2D eigenvalue weighted by Gasteiger charge is -2.08. The summed E-state index contributed by atoms with van der Waals surface area (Å²) in [5, 5.41) is 8.39. The zero-order valence-electron chi connectivity index (χ0n) is 13.1. The molecule has 0 unspecified atom stereocenters. The van der Waals surface area contributed by atoms with Crippen molar-refractivity contribution >= 4 is 17.8 Å². The molecule has 0 aliphatic heterocycles. The van der Waals surface area contributed by atoms with Gasteiger partial charge in [0.25, 0.3) is 11.8 Å². The van der Waals surface area contributed by atoms with E-state index in [0.29, 0.717) is 24.0 Å². The molecule has 3 N–H and O–H groups in total. The molecule has 128 valence electrons. The van der Waals surface area contributed by atoms with E-state index in [1.54, 1.807) is 24.3 Å². The van der Waals surface area contributed by atoms with Crippen molar-refractivity contribution in [3.8, 4) is 5.75 Å². The number of hydrazine groups is 1. The fourth-order valence-corrected chi connectivity index (χ4v) is 1.82. The second-order valence-corrected chi connectivity index (χ2v) is 4.91. The highest BCUT2D eigenvalue weighted by Crippen LogP contribution is 2.14. The van der Waals surface area contributed by atoms with E-state index in [2.05, 4.69) is 10.9 Å². The topological polar surface area (TPSA) is 105 Å². The average Bonchev–Trinajstić information content (AvgIpc) is 2.64. The van der Waals surface area contributed by atoms with Gasteiger partial charge in [-0.15, -0.1) is 0 Å². The summed E-state index contributed by atoms with van der Waals surface area (Å²) in [5.74, 6) is -1.94. The summed E-state index contributed by atoms with van der Waals surface area (Å²) < 4.78 is 5.61. The number of nitrogens with one attached hydrogen (secondary N) is 2. The first-order valence-electron chi connectivity index (χ1n) is 7.33. The van der Waals surface area contributed by atoms with Gasteiger partial charge in [0.2, 0.25) is 0 Å². The van der Waals surface area contributed by atoms with Crippen LogP contribution >= 0.6 is 0 Å². The van der Waals surface area contributed by atoms with Gasteiger partial charge in [0.05, 0.1) is 0 Å². The monoisotopic (exact) mass is 340 g/mol. The molecule has 0 heterocycles. The summed E-state index contributed by atoms with van der Waals surface area (Å²) in [5.41, 5.74) is 5.60. The van der Waals surface area contributed by atoms with Crippen LogP contribution in [0.15, 0.2) is 66.7 Å². The third-order valence-electron chi connectivity index (χ3n) is 3.04. The Bertz CT molecular complexity index is 770. The molecule has 2 rings (SSSR count). The summed E-state index contributed by atoms with van der Waals surface area (Å²) in [6, 6.07) is 16.1. The number of carboxylic acid groups (broad SMARTS) is 1. The molecular weight excluding hydrogens is 324 g/mol. The van der Waals surface area contributed by atoms with Gasteiger partial charge in [0.15, 0.2) is 0 Å². The first-order valence-corrected chi connectivity index (χ1v) is 7.33. The lowest BCUT2D eigenvalue weighted by molar-refractivity contribution is -0.131. The molecule has 0 aromatic heterocycles. The molecule has 7 nitrogen and oxygen atoms in total. The Morgan fingerprint density at radius 1 is 0.920 bits per heavy atom. The normalized spacial score (nSPS) is 10.2. The molecule has 0 radical (unpaired) electrons. The first-order chi connectivity index (χ1) is 12.0. The lowest BCUT2D eigenvalue weighted by atomic mass is 10.2. The smallest absolute Gasteiger partial charge is 0.328 e. The quantitative estimate of drug-likeness (QED) is 0.548. The van der Waals surface area contributed by atoms with Crippen LogP contribution < -0.4 is 15.6 Å². The fourth-order valence-electron chi connectivity index (χ4n) is 1.82. The van der Waals surface area contributed by atoms with Crippen molar-refractivity contribution in [2.45, 2.75) is 6.61 Å². The largest absolute Gasteiger partial charge is 0.489 e. The zero-order chi connectivity index (χ0) is 18.1. The van der Waals surface area contributed by atoms with Gasteiger partial charge in [-0.1, -0.05) is 30.3 Å². The number of amides is 2. The number of aliphatic carboxylic acids is 1. The molecule has 25 heavy (non-hydrogen) atoms. The molecular formula is C18H16N2O5. The second-order valence-electron chi connectivity index (χ2n) is 4.91. The number of carbonyl (C=O) groups is 3. The van der Waals surface area contributed by atoms with Crippen LogP contribution in [0.1, 0.15) is 15.9 Å². The minimum atomic E-state index is -1.26. The van der Waals surface area contributed by atoms with Crippen molar-refractivity contribution in [2.75, 3.05) is 0 Å². The van der Waals surface area contributed by atoms with E-state index in [9.17, 15) is 14.4 Å². The van der Waals surface area contributed by atoms with Crippen LogP contribution in [0, 0.1) is 0 Å². The average molecular weight is 340 g/mol. The van der Waals surface area contributed by atoms with Gasteiger partial charge in [-0.3, -0.25) is 20.4 Å². The Labute approximate surface area is 143 Å². The zero-order valence-corrected chi connectivity index (χ0v) is 13.1. The highest BCUT2D eigenvalue weighted by Gasteiger charge is 2.06. The van der Waals surface area contributed by atoms with Crippen LogP contribution in [0.4, 0.5) is 0 Å². The summed E-state index contributed by atoms with van der Waals surface area (Å²) in [7, 11) is 0. The third kappa shape index (κ3) is 6.19. The van der Waals surface area contributed by atoms with E-state index >= 15 is 0 Å². The number of rotatable bonds is 6. The van der Waals surface area contributed by atoms with Crippen molar-refractivity contribution in [3.63, 3.8) is 0 Å². The molecule has 0 aliphatic carbocycles. The van der Waals surface area contributed by atoms with E-state index in [1.807, 2.05) is 30.3 Å². The minimum Gasteiger partial charge on any atom is -0.489 e. The predicted molar refractivity (Wildman–Crippen MR) is 89.6 cm³/mol. The van der Waals surface area contributed by atoms with Crippen LogP contribution in [0.25, 0.3) is 0 Å². The Kier molecular flexibility index (Phi) is 6.30. The number of benzene rings is 2. The molecule has 2 aromatic carbocycles. The molecule has 0 bridgehead atoms. The van der Waals surface area contributed by atoms with Gasteiger partial charge in [-0.25, -0.2) is 4.79 Å². The maximum absolute atomic E-state index is 11.9. The molecule has 0 atom stereocenters. The Balaban J connectivity index is 1.83. The van der Waals surface area contributed by atoms with E-state index in [4.69, 9.17) is 9.84 Å². The molecule has 0 saturated carbocycles. The van der Waals surface area contributed by atoms with E-state index in [-0.39, 0.29) is 0 Å². The number of hydrogen-bond acceptors (Lipinski definition) is 4. The fraction of sp³-hybridized carbons (Fsp3) is 0.0556. The maximum Gasteiger partial charge on any atom is 0.328 e. The number of ether oxygens (including phenoxy) is 1. The van der Waals surface area contributed by atoms with Gasteiger partial charge in [-0.05, 0) is 29.8 Å². The van der Waals surface area contributed by atoms with Gasteiger partial charge < -0.3 is 9.84 Å². The second kappa shape index (κ2) is 8.88. The highest BCUT2D eigenvalue weighted by atomic mass is 16.5. The standard InChI is InChI=1S/C18H16N2O5/c21-16(10-11-17(22)23)19-20-18(24)14-6-8-15(9-7-14)25-12-13-4-2-1-3-5-13/h1-11H,12H2,(H,19,21)(H,20,24)(H,22,23)/b11-10-. The summed E-state index contributed by atoms with van der Waals surface area (Å²) in [4.78, 5) is 33.4. The maximum atomic E-state index is 11.9. The van der Waals surface area contributed by atoms with Crippen LogP contribution in [-0.4, -0.2) is 22.9 Å². The summed E-state index contributed by atoms with van der Waals surface area (Å²) >= 11 is 0. The Morgan fingerprint density at radius 2 is 1.60 bits per heavy atom. The number of carboxylic acids is 1. The van der Waals surface area contributed by atoms with Crippen LogP contribution in [0.3, 0.4) is 0 Å². The highest BCUT2D eigenvalue weighted by molar-refractivity contribution is 5.98. The first kappa shape index (κ1) is 17.7. The molecule has 7 heteroatoms. The van der Waals surface area contributed by atoms with Crippen molar-refractivity contribution in [2.24, 2.45) is 0 Å². The Morgan fingerprint density at radius 3 is 2.24 bits per heavy atom. The van der Waals surface area contributed by atoms with Crippen LogP contribution in [-0.2, 0) is 16.2 Å². The van der Waals surface area contributed by atoms with Gasteiger partial charge in [0.1, 0.15) is 12.4 Å². The molecule has 0 fully saturated rings. The summed E-state index contributed by atoms with van der Waals surface area (Å²) in [6.45, 7) is 0.415. The molecule has 0 aliphatic rings.